The number of carbonyl (C=O) groups is 1. The van der Waals surface area contributed by atoms with Crippen LogP contribution in [-0.4, -0.2) is 5.78 Å². The molecule has 0 saturated heterocycles. The van der Waals surface area contributed by atoms with Crippen molar-refractivity contribution < 1.29 is 9.53 Å². The minimum atomic E-state index is 0.0270. The van der Waals surface area contributed by atoms with Crippen LogP contribution in [0.3, 0.4) is 0 Å². The molecule has 0 amide bonds. The topological polar surface area (TPSA) is 26.3 Å². The zero-order valence-electron chi connectivity index (χ0n) is 8.65. The number of rotatable bonds is 3. The molecule has 0 radical (unpaired) electrons. The molecule has 0 heterocycles. The summed E-state index contributed by atoms with van der Waals surface area (Å²) in [6, 6.07) is 9.79. The van der Waals surface area contributed by atoms with Crippen LogP contribution in [0.2, 0.25) is 0 Å². The van der Waals surface area contributed by atoms with Crippen LogP contribution >= 0.6 is 15.9 Å². The highest BCUT2D eigenvalue weighted by Gasteiger charge is 2.14. The van der Waals surface area contributed by atoms with Crippen molar-refractivity contribution in [2.24, 2.45) is 0 Å². The van der Waals surface area contributed by atoms with Gasteiger partial charge in [0.25, 0.3) is 0 Å². The number of allylic oxidation sites excluding steroid dienone is 4. The molecule has 2 rings (SSSR count). The molecule has 0 aliphatic heterocycles. The number of Topliss-reactive ketones (excluding diaryl/α,β-unsaturated/α-hetero) is 1. The third-order valence-corrected chi connectivity index (χ3v) is 2.82. The Morgan fingerprint density at radius 1 is 1.25 bits per heavy atom. The lowest BCUT2D eigenvalue weighted by Gasteiger charge is -2.11. The summed E-state index contributed by atoms with van der Waals surface area (Å²) < 4.78 is 6.39. The second-order valence-electron chi connectivity index (χ2n) is 3.50. The van der Waals surface area contributed by atoms with Gasteiger partial charge < -0.3 is 4.74 Å². The van der Waals surface area contributed by atoms with E-state index in [1.165, 1.54) is 0 Å². The minimum Gasteiger partial charge on any atom is -0.485 e. The van der Waals surface area contributed by atoms with Gasteiger partial charge in [0.2, 0.25) is 5.78 Å². The molecule has 1 aromatic rings. The van der Waals surface area contributed by atoms with Crippen molar-refractivity contribution in [3.63, 3.8) is 0 Å². The van der Waals surface area contributed by atoms with Gasteiger partial charge in [-0.05, 0) is 11.6 Å². The molecular weight excluding hydrogens is 268 g/mol. The van der Waals surface area contributed by atoms with Gasteiger partial charge in [-0.3, -0.25) is 4.79 Å². The molecule has 2 nitrogen and oxygen atoms in total. The second kappa shape index (κ2) is 5.12. The maximum Gasteiger partial charge on any atom is 0.201 e. The van der Waals surface area contributed by atoms with Crippen LogP contribution in [0.25, 0.3) is 0 Å². The first-order valence-electron chi connectivity index (χ1n) is 5.03. The molecule has 3 heteroatoms. The number of carbonyl (C=O) groups excluding carboxylic acids is 1. The number of benzene rings is 1. The van der Waals surface area contributed by atoms with Crippen LogP contribution < -0.4 is 0 Å². The summed E-state index contributed by atoms with van der Waals surface area (Å²) in [4.78, 5) is 11.5. The summed E-state index contributed by atoms with van der Waals surface area (Å²) in [5.74, 6) is 0.456. The highest BCUT2D eigenvalue weighted by Crippen LogP contribution is 2.20. The molecule has 0 atom stereocenters. The van der Waals surface area contributed by atoms with Crippen molar-refractivity contribution >= 4 is 21.7 Å². The third kappa shape index (κ3) is 2.83. The van der Waals surface area contributed by atoms with Crippen LogP contribution in [0.5, 0.6) is 0 Å². The van der Waals surface area contributed by atoms with E-state index in [0.717, 1.165) is 10.0 Å². The molecule has 0 unspecified atom stereocenters. The summed E-state index contributed by atoms with van der Waals surface area (Å²) in [5, 5.41) is 0. The third-order valence-electron chi connectivity index (χ3n) is 2.26. The van der Waals surface area contributed by atoms with Crippen molar-refractivity contribution in [2.75, 3.05) is 0 Å². The normalized spacial score (nSPS) is 15.4. The number of hydrogen-bond donors (Lipinski definition) is 0. The van der Waals surface area contributed by atoms with E-state index in [0.29, 0.717) is 18.8 Å². The Hall–Kier alpha value is -1.35. The van der Waals surface area contributed by atoms with Crippen LogP contribution in [-0.2, 0) is 16.1 Å². The lowest BCUT2D eigenvalue weighted by molar-refractivity contribution is -0.118. The fourth-order valence-electron chi connectivity index (χ4n) is 1.41. The number of ether oxygens (including phenoxy) is 1. The van der Waals surface area contributed by atoms with Gasteiger partial charge in [-0.2, -0.15) is 0 Å². The molecule has 0 fully saturated rings. The van der Waals surface area contributed by atoms with Crippen molar-refractivity contribution in [3.8, 4) is 0 Å². The van der Waals surface area contributed by atoms with E-state index in [1.807, 2.05) is 36.4 Å². The predicted octanol–water partition coefficient (Wildman–Crippen LogP) is 3.34. The van der Waals surface area contributed by atoms with E-state index in [2.05, 4.69) is 15.9 Å². The van der Waals surface area contributed by atoms with Crippen LogP contribution in [0.1, 0.15) is 12.0 Å². The number of halogens is 1. The Balaban J connectivity index is 2.00. The SMILES string of the molecule is O=C1CC=C(Br)C=C1OCc1ccccc1. The maximum atomic E-state index is 11.5. The second-order valence-corrected chi connectivity index (χ2v) is 4.41. The minimum absolute atomic E-state index is 0.0270. The highest BCUT2D eigenvalue weighted by atomic mass is 79.9. The van der Waals surface area contributed by atoms with E-state index in [4.69, 9.17) is 4.74 Å². The van der Waals surface area contributed by atoms with Crippen LogP contribution in [0, 0.1) is 0 Å². The van der Waals surface area contributed by atoms with E-state index >= 15 is 0 Å². The molecule has 0 N–H and O–H groups in total. The van der Waals surface area contributed by atoms with Gasteiger partial charge >= 0.3 is 0 Å². The van der Waals surface area contributed by atoms with E-state index in [9.17, 15) is 4.79 Å². The molecule has 1 aliphatic rings. The number of ketones is 1. The van der Waals surface area contributed by atoms with Gasteiger partial charge in [-0.25, -0.2) is 0 Å². The maximum absolute atomic E-state index is 11.5. The lowest BCUT2D eigenvalue weighted by atomic mass is 10.1. The number of hydrogen-bond acceptors (Lipinski definition) is 2. The smallest absolute Gasteiger partial charge is 0.201 e. The standard InChI is InChI=1S/C13H11BrO2/c14-11-6-7-12(15)13(8-11)16-9-10-4-2-1-3-5-10/h1-6,8H,7,9H2. The summed E-state index contributed by atoms with van der Waals surface area (Å²) in [7, 11) is 0. The van der Waals surface area contributed by atoms with Gasteiger partial charge in [0.15, 0.2) is 5.76 Å². The summed E-state index contributed by atoms with van der Waals surface area (Å²) in [6.45, 7) is 0.429. The van der Waals surface area contributed by atoms with Gasteiger partial charge in [0.1, 0.15) is 6.61 Å². The van der Waals surface area contributed by atoms with Crippen molar-refractivity contribution in [3.05, 3.63) is 58.3 Å². The average molecular weight is 279 g/mol. The molecule has 16 heavy (non-hydrogen) atoms. The Bertz CT molecular complexity index is 446. The molecule has 1 aromatic carbocycles. The first-order chi connectivity index (χ1) is 7.75. The average Bonchev–Trinajstić information content (AvgIpc) is 2.32. The van der Waals surface area contributed by atoms with Gasteiger partial charge in [-0.15, -0.1) is 0 Å². The fraction of sp³-hybridized carbons (Fsp3) is 0.154. The molecule has 0 saturated carbocycles. The first kappa shape index (κ1) is 11.1. The first-order valence-corrected chi connectivity index (χ1v) is 5.82. The lowest BCUT2D eigenvalue weighted by Crippen LogP contribution is -2.08. The Morgan fingerprint density at radius 3 is 2.75 bits per heavy atom. The highest BCUT2D eigenvalue weighted by molar-refractivity contribution is 9.11. The monoisotopic (exact) mass is 278 g/mol. The predicted molar refractivity (Wildman–Crippen MR) is 65.9 cm³/mol. The quantitative estimate of drug-likeness (QED) is 0.848. The molecule has 82 valence electrons. The Labute approximate surface area is 103 Å². The van der Waals surface area contributed by atoms with E-state index in [1.54, 1.807) is 6.08 Å². The van der Waals surface area contributed by atoms with Gasteiger partial charge in [0, 0.05) is 10.9 Å². The van der Waals surface area contributed by atoms with E-state index < -0.39 is 0 Å². The van der Waals surface area contributed by atoms with Crippen molar-refractivity contribution in [1.82, 2.24) is 0 Å². The van der Waals surface area contributed by atoms with Crippen LogP contribution in [0.15, 0.2) is 52.7 Å². The van der Waals surface area contributed by atoms with Crippen molar-refractivity contribution in [1.29, 1.82) is 0 Å². The summed E-state index contributed by atoms with van der Waals surface area (Å²) >= 11 is 3.33. The summed E-state index contributed by atoms with van der Waals surface area (Å²) in [6.07, 6.45) is 3.95. The Morgan fingerprint density at radius 2 is 2.00 bits per heavy atom. The van der Waals surface area contributed by atoms with Crippen molar-refractivity contribution in [2.45, 2.75) is 13.0 Å². The van der Waals surface area contributed by atoms with E-state index in [-0.39, 0.29) is 5.78 Å². The zero-order valence-corrected chi connectivity index (χ0v) is 10.2. The Kier molecular flexibility index (Phi) is 3.57. The van der Waals surface area contributed by atoms with Gasteiger partial charge in [0.05, 0.1) is 0 Å². The molecule has 0 aromatic heterocycles. The van der Waals surface area contributed by atoms with Gasteiger partial charge in [-0.1, -0.05) is 52.3 Å². The molecule has 1 aliphatic carbocycles. The molecule has 0 spiro atoms. The summed E-state index contributed by atoms with van der Waals surface area (Å²) in [5.41, 5.74) is 1.06. The van der Waals surface area contributed by atoms with Crippen LogP contribution in [0.4, 0.5) is 0 Å². The molecular formula is C13H11BrO2. The zero-order chi connectivity index (χ0) is 11.4. The largest absolute Gasteiger partial charge is 0.485 e. The fourth-order valence-corrected chi connectivity index (χ4v) is 1.78. The molecule has 0 bridgehead atoms.